The Balaban J connectivity index is 2.15. The molecule has 1 fully saturated rings. The molecule has 1 saturated heterocycles. The molecule has 1 aliphatic heterocycles. The van der Waals surface area contributed by atoms with Crippen LogP contribution in [0.15, 0.2) is 4.47 Å². The van der Waals surface area contributed by atoms with Crippen molar-refractivity contribution in [2.75, 3.05) is 12.8 Å². The van der Waals surface area contributed by atoms with Gasteiger partial charge in [0.2, 0.25) is 0 Å². The maximum atomic E-state index is 4.71. The van der Waals surface area contributed by atoms with Gasteiger partial charge in [0.05, 0.1) is 15.9 Å². The molecule has 0 bridgehead atoms. The van der Waals surface area contributed by atoms with E-state index in [0.29, 0.717) is 6.04 Å². The maximum absolute atomic E-state index is 4.71. The van der Waals surface area contributed by atoms with Crippen LogP contribution < -0.4 is 5.32 Å². The van der Waals surface area contributed by atoms with Gasteiger partial charge in [-0.15, -0.1) is 0 Å². The van der Waals surface area contributed by atoms with Crippen LogP contribution in [0.2, 0.25) is 0 Å². The summed E-state index contributed by atoms with van der Waals surface area (Å²) < 4.78 is 3.39. The number of rotatable bonds is 6. The zero-order valence-electron chi connectivity index (χ0n) is 12.8. The molecule has 0 saturated carbocycles. The van der Waals surface area contributed by atoms with Crippen molar-refractivity contribution in [1.29, 1.82) is 0 Å². The molecular formula is C15H26BrN3S. The molecule has 2 unspecified atom stereocenters. The number of thioether (sulfide) groups is 1. The van der Waals surface area contributed by atoms with Crippen LogP contribution in [-0.4, -0.2) is 33.9 Å². The minimum absolute atomic E-state index is 0.545. The first-order chi connectivity index (χ1) is 9.71. The van der Waals surface area contributed by atoms with Gasteiger partial charge in [0, 0.05) is 24.3 Å². The number of aryl methyl sites for hydroxylation is 2. The van der Waals surface area contributed by atoms with E-state index in [-0.39, 0.29) is 0 Å². The second kappa shape index (κ2) is 7.85. The summed E-state index contributed by atoms with van der Waals surface area (Å²) in [6.45, 7) is 5.29. The van der Waals surface area contributed by atoms with E-state index in [4.69, 9.17) is 5.10 Å². The maximum Gasteiger partial charge on any atom is 0.0766 e. The Morgan fingerprint density at radius 2 is 2.25 bits per heavy atom. The van der Waals surface area contributed by atoms with Gasteiger partial charge in [-0.3, -0.25) is 4.68 Å². The lowest BCUT2D eigenvalue weighted by atomic mass is 10.0. The van der Waals surface area contributed by atoms with Crippen LogP contribution in [0.1, 0.15) is 44.5 Å². The molecule has 0 aromatic carbocycles. The Bertz CT molecular complexity index is 427. The van der Waals surface area contributed by atoms with Crippen molar-refractivity contribution in [3.05, 3.63) is 15.9 Å². The Hall–Kier alpha value is -0.000000000000000111. The number of hydrogen-bond donors (Lipinski definition) is 1. The number of nitrogens with zero attached hydrogens (tertiary/aromatic N) is 2. The summed E-state index contributed by atoms with van der Waals surface area (Å²) in [7, 11) is 2.10. The zero-order chi connectivity index (χ0) is 14.5. The van der Waals surface area contributed by atoms with Gasteiger partial charge in [-0.05, 0) is 54.9 Å². The van der Waals surface area contributed by atoms with E-state index in [1.165, 1.54) is 40.9 Å². The van der Waals surface area contributed by atoms with Gasteiger partial charge >= 0.3 is 0 Å². The van der Waals surface area contributed by atoms with Crippen LogP contribution in [0.5, 0.6) is 0 Å². The number of aromatic nitrogens is 2. The van der Waals surface area contributed by atoms with E-state index >= 15 is 0 Å². The molecule has 3 nitrogen and oxygen atoms in total. The first-order valence-corrected chi connectivity index (χ1v) is 9.58. The van der Waals surface area contributed by atoms with E-state index in [9.17, 15) is 0 Å². The number of hydrogen-bond acceptors (Lipinski definition) is 3. The van der Waals surface area contributed by atoms with Gasteiger partial charge in [-0.2, -0.15) is 16.9 Å². The van der Waals surface area contributed by atoms with Gasteiger partial charge < -0.3 is 5.32 Å². The van der Waals surface area contributed by atoms with Crippen molar-refractivity contribution in [2.24, 2.45) is 0 Å². The fourth-order valence-electron chi connectivity index (χ4n) is 2.92. The highest BCUT2D eigenvalue weighted by Crippen LogP contribution is 2.31. The lowest BCUT2D eigenvalue weighted by Gasteiger charge is -2.29. The zero-order valence-corrected chi connectivity index (χ0v) is 15.2. The van der Waals surface area contributed by atoms with Crippen molar-refractivity contribution in [3.63, 3.8) is 0 Å². The van der Waals surface area contributed by atoms with Crippen LogP contribution in [0.3, 0.4) is 0 Å². The normalized spacial score (nSPS) is 21.1. The molecule has 114 valence electrons. The Labute approximate surface area is 135 Å². The van der Waals surface area contributed by atoms with Gasteiger partial charge in [0.15, 0.2) is 0 Å². The predicted octanol–water partition coefficient (Wildman–Crippen LogP) is 3.64. The third kappa shape index (κ3) is 3.60. The van der Waals surface area contributed by atoms with E-state index in [0.717, 1.165) is 24.6 Å². The SMILES string of the molecule is CCc1nn(CC)c(CC(NC)C2CCCCS2)c1Br. The quantitative estimate of drug-likeness (QED) is 0.840. The summed E-state index contributed by atoms with van der Waals surface area (Å²) in [6, 6.07) is 0.545. The summed E-state index contributed by atoms with van der Waals surface area (Å²) in [5.41, 5.74) is 2.54. The van der Waals surface area contributed by atoms with Gasteiger partial charge in [-0.1, -0.05) is 13.3 Å². The fourth-order valence-corrected chi connectivity index (χ4v) is 5.12. The van der Waals surface area contributed by atoms with Crippen molar-refractivity contribution in [3.8, 4) is 0 Å². The number of likely N-dealkylation sites (N-methyl/N-ethyl adjacent to an activating group) is 1. The summed E-state index contributed by atoms with van der Waals surface area (Å²) >= 11 is 5.91. The Morgan fingerprint density at radius 1 is 1.45 bits per heavy atom. The van der Waals surface area contributed by atoms with Crippen LogP contribution in [0, 0.1) is 0 Å². The Morgan fingerprint density at radius 3 is 2.80 bits per heavy atom. The summed E-state index contributed by atoms with van der Waals surface area (Å²) in [5, 5.41) is 9.00. The fraction of sp³-hybridized carbons (Fsp3) is 0.800. The molecule has 20 heavy (non-hydrogen) atoms. The largest absolute Gasteiger partial charge is 0.316 e. The van der Waals surface area contributed by atoms with Crippen molar-refractivity contribution < 1.29 is 0 Å². The molecule has 0 spiro atoms. The van der Waals surface area contributed by atoms with E-state index in [1.807, 2.05) is 0 Å². The molecule has 1 N–H and O–H groups in total. The molecular weight excluding hydrogens is 334 g/mol. The molecule has 1 aliphatic rings. The van der Waals surface area contributed by atoms with Crippen molar-refractivity contribution in [2.45, 2.75) is 63.8 Å². The summed E-state index contributed by atoms with van der Waals surface area (Å²) in [5.74, 6) is 1.32. The topological polar surface area (TPSA) is 29.9 Å². The van der Waals surface area contributed by atoms with Gasteiger partial charge in [0.1, 0.15) is 0 Å². The number of halogens is 1. The second-order valence-corrected chi connectivity index (χ2v) is 7.52. The first-order valence-electron chi connectivity index (χ1n) is 7.74. The lowest BCUT2D eigenvalue weighted by Crippen LogP contribution is -2.39. The van der Waals surface area contributed by atoms with Crippen molar-refractivity contribution >= 4 is 27.7 Å². The minimum Gasteiger partial charge on any atom is -0.316 e. The molecule has 1 aromatic rings. The Kier molecular flexibility index (Phi) is 6.43. The molecule has 2 atom stereocenters. The van der Waals surface area contributed by atoms with E-state index < -0.39 is 0 Å². The van der Waals surface area contributed by atoms with Gasteiger partial charge in [0.25, 0.3) is 0 Å². The third-order valence-electron chi connectivity index (χ3n) is 4.14. The van der Waals surface area contributed by atoms with Crippen LogP contribution in [0.4, 0.5) is 0 Å². The monoisotopic (exact) mass is 359 g/mol. The van der Waals surface area contributed by atoms with Crippen LogP contribution in [0.25, 0.3) is 0 Å². The molecule has 2 heterocycles. The molecule has 0 radical (unpaired) electrons. The van der Waals surface area contributed by atoms with Crippen molar-refractivity contribution in [1.82, 2.24) is 15.1 Å². The van der Waals surface area contributed by atoms with Gasteiger partial charge in [-0.25, -0.2) is 0 Å². The molecule has 1 aromatic heterocycles. The first kappa shape index (κ1) is 16.4. The van der Waals surface area contributed by atoms with Crippen LogP contribution in [-0.2, 0) is 19.4 Å². The molecule has 2 rings (SSSR count). The van der Waals surface area contributed by atoms with E-state index in [1.54, 1.807) is 0 Å². The summed E-state index contributed by atoms with van der Waals surface area (Å²) in [6.07, 6.45) is 6.16. The summed E-state index contributed by atoms with van der Waals surface area (Å²) in [4.78, 5) is 0. The van der Waals surface area contributed by atoms with E-state index in [2.05, 4.69) is 58.6 Å². The van der Waals surface area contributed by atoms with Crippen LogP contribution >= 0.6 is 27.7 Å². The lowest BCUT2D eigenvalue weighted by molar-refractivity contribution is 0.475. The average molecular weight is 360 g/mol. The third-order valence-corrected chi connectivity index (χ3v) is 6.57. The predicted molar refractivity (Wildman–Crippen MR) is 91.6 cm³/mol. The smallest absolute Gasteiger partial charge is 0.0766 e. The highest BCUT2D eigenvalue weighted by molar-refractivity contribution is 9.10. The number of nitrogens with one attached hydrogen (secondary N) is 1. The highest BCUT2D eigenvalue weighted by Gasteiger charge is 2.26. The minimum atomic E-state index is 0.545. The highest BCUT2D eigenvalue weighted by atomic mass is 79.9. The standard InChI is InChI=1S/C15H26BrN3S/c1-4-11-15(16)13(19(5-2)18-11)10-12(17-3)14-8-6-7-9-20-14/h12,14,17H,4-10H2,1-3H3. The molecule has 0 aliphatic carbocycles. The average Bonchev–Trinajstić information content (AvgIpc) is 2.81. The molecule has 5 heteroatoms. The second-order valence-electron chi connectivity index (χ2n) is 5.38. The molecule has 0 amide bonds.